The van der Waals surface area contributed by atoms with Gasteiger partial charge in [-0.25, -0.2) is 4.79 Å². The third-order valence-electron chi connectivity index (χ3n) is 8.37. The molecule has 5 aliphatic rings. The van der Waals surface area contributed by atoms with E-state index in [9.17, 15) is 14.4 Å². The minimum atomic E-state index is -0.563. The first-order chi connectivity index (χ1) is 15.8. The molecular formula is C26H33ClN2O4. The molecule has 1 saturated heterocycles. The van der Waals surface area contributed by atoms with Crippen molar-refractivity contribution in [2.24, 2.45) is 23.2 Å². The number of carbonyl (C=O) groups is 3. The zero-order valence-corrected chi connectivity index (χ0v) is 20.0. The average Bonchev–Trinajstić information content (AvgIpc) is 3.26. The van der Waals surface area contributed by atoms with Gasteiger partial charge in [-0.3, -0.25) is 9.59 Å². The number of esters is 1. The van der Waals surface area contributed by atoms with Gasteiger partial charge in [-0.1, -0.05) is 23.7 Å². The largest absolute Gasteiger partial charge is 0.454 e. The van der Waals surface area contributed by atoms with E-state index < -0.39 is 12.0 Å². The topological polar surface area (TPSA) is 75.7 Å². The lowest BCUT2D eigenvalue weighted by molar-refractivity contribution is -0.166. The maximum Gasteiger partial charge on any atom is 0.329 e. The summed E-state index contributed by atoms with van der Waals surface area (Å²) in [5.74, 6) is 1.39. The Morgan fingerprint density at radius 3 is 2.30 bits per heavy atom. The van der Waals surface area contributed by atoms with E-state index in [0.717, 1.165) is 31.2 Å². The van der Waals surface area contributed by atoms with Crippen LogP contribution in [0.4, 0.5) is 0 Å². The van der Waals surface area contributed by atoms with Crippen LogP contribution in [0.5, 0.6) is 0 Å². The third-order valence-corrected chi connectivity index (χ3v) is 8.62. The molecule has 1 N–H and O–H groups in total. The van der Waals surface area contributed by atoms with Crippen molar-refractivity contribution < 1.29 is 19.1 Å². The van der Waals surface area contributed by atoms with Crippen LogP contribution in [0.2, 0.25) is 5.02 Å². The fraction of sp³-hybridized carbons (Fsp3) is 0.654. The number of hydrogen-bond donors (Lipinski definition) is 1. The maximum absolute atomic E-state index is 13.7. The van der Waals surface area contributed by atoms with E-state index in [4.69, 9.17) is 16.3 Å². The summed E-state index contributed by atoms with van der Waals surface area (Å²) in [5.41, 5.74) is 0.658. The van der Waals surface area contributed by atoms with E-state index >= 15 is 0 Å². The van der Waals surface area contributed by atoms with Gasteiger partial charge in [-0.2, -0.15) is 0 Å². The Morgan fingerprint density at radius 1 is 1.09 bits per heavy atom. The second kappa shape index (κ2) is 8.94. The lowest BCUT2D eigenvalue weighted by Crippen LogP contribution is -2.56. The van der Waals surface area contributed by atoms with Crippen LogP contribution in [-0.2, 0) is 19.1 Å². The molecule has 1 aliphatic heterocycles. The van der Waals surface area contributed by atoms with E-state index in [1.165, 1.54) is 19.3 Å². The third kappa shape index (κ3) is 4.51. The van der Waals surface area contributed by atoms with Crippen molar-refractivity contribution in [3.63, 3.8) is 0 Å². The minimum absolute atomic E-state index is 0.168. The van der Waals surface area contributed by atoms with E-state index in [1.54, 1.807) is 17.0 Å². The summed E-state index contributed by atoms with van der Waals surface area (Å²) >= 11 is 5.92. The van der Waals surface area contributed by atoms with E-state index in [1.807, 2.05) is 19.1 Å². The molecule has 33 heavy (non-hydrogen) atoms. The van der Waals surface area contributed by atoms with Crippen molar-refractivity contribution in [3.8, 4) is 0 Å². The molecule has 178 valence electrons. The number of halogens is 1. The number of amides is 2. The van der Waals surface area contributed by atoms with Crippen LogP contribution in [0, 0.1) is 23.2 Å². The fourth-order valence-electron chi connectivity index (χ4n) is 7.28. The molecule has 4 saturated carbocycles. The highest BCUT2D eigenvalue weighted by molar-refractivity contribution is 6.30. The number of likely N-dealkylation sites (tertiary alicyclic amines) is 1. The summed E-state index contributed by atoms with van der Waals surface area (Å²) in [7, 11) is 0. The van der Waals surface area contributed by atoms with Crippen molar-refractivity contribution in [1.29, 1.82) is 0 Å². The Balaban J connectivity index is 1.16. The van der Waals surface area contributed by atoms with Crippen LogP contribution in [0.1, 0.15) is 69.9 Å². The van der Waals surface area contributed by atoms with Gasteiger partial charge in [0, 0.05) is 11.6 Å². The molecule has 6 nitrogen and oxygen atoms in total. The maximum atomic E-state index is 13.7. The normalized spacial score (nSPS) is 33.1. The SMILES string of the molecule is CC(NC(=O)COC(=O)C1CCCN1C(=O)C12CC3CC(CC(C3)C1)C2)c1ccc(Cl)cc1. The van der Waals surface area contributed by atoms with Crippen LogP contribution in [0.25, 0.3) is 0 Å². The molecule has 0 aromatic heterocycles. The minimum Gasteiger partial charge on any atom is -0.454 e. The number of carbonyl (C=O) groups excluding carboxylic acids is 3. The first-order valence-corrected chi connectivity index (χ1v) is 12.7. The van der Waals surface area contributed by atoms with Crippen LogP contribution in [0.3, 0.4) is 0 Å². The molecule has 2 atom stereocenters. The second-order valence-electron chi connectivity index (χ2n) is 10.8. The molecule has 4 bridgehead atoms. The molecule has 1 aromatic rings. The fourth-order valence-corrected chi connectivity index (χ4v) is 7.41. The monoisotopic (exact) mass is 472 g/mol. The highest BCUT2D eigenvalue weighted by Crippen LogP contribution is 2.60. The van der Waals surface area contributed by atoms with E-state index in [0.29, 0.717) is 35.7 Å². The molecular weight excluding hydrogens is 440 g/mol. The number of ether oxygens (including phenoxy) is 1. The lowest BCUT2D eigenvalue weighted by Gasteiger charge is -2.56. The summed E-state index contributed by atoms with van der Waals surface area (Å²) in [4.78, 5) is 40.7. The molecule has 5 fully saturated rings. The predicted molar refractivity (Wildman–Crippen MR) is 124 cm³/mol. The van der Waals surface area contributed by atoms with Crippen molar-refractivity contribution in [3.05, 3.63) is 34.9 Å². The lowest BCUT2D eigenvalue weighted by atomic mass is 9.49. The van der Waals surface area contributed by atoms with Crippen LogP contribution < -0.4 is 5.32 Å². The number of hydrogen-bond acceptors (Lipinski definition) is 4. The zero-order chi connectivity index (χ0) is 23.2. The van der Waals surface area contributed by atoms with Gasteiger partial charge in [0.25, 0.3) is 5.91 Å². The molecule has 4 aliphatic carbocycles. The summed E-state index contributed by atoms with van der Waals surface area (Å²) in [5, 5.41) is 3.48. The number of benzene rings is 1. The molecule has 0 radical (unpaired) electrons. The van der Waals surface area contributed by atoms with Gasteiger partial charge < -0.3 is 15.0 Å². The highest BCUT2D eigenvalue weighted by atomic mass is 35.5. The van der Waals surface area contributed by atoms with Gasteiger partial charge in [0.2, 0.25) is 5.91 Å². The van der Waals surface area contributed by atoms with Gasteiger partial charge in [0.1, 0.15) is 6.04 Å². The Morgan fingerprint density at radius 2 is 1.70 bits per heavy atom. The zero-order valence-electron chi connectivity index (χ0n) is 19.2. The Bertz CT molecular complexity index is 895. The van der Waals surface area contributed by atoms with Crippen molar-refractivity contribution >= 4 is 29.4 Å². The highest BCUT2D eigenvalue weighted by Gasteiger charge is 2.57. The molecule has 1 aromatic carbocycles. The molecule has 2 amide bonds. The number of rotatable bonds is 6. The van der Waals surface area contributed by atoms with Crippen LogP contribution >= 0.6 is 11.6 Å². The summed E-state index contributed by atoms with van der Waals surface area (Å²) < 4.78 is 5.38. The molecule has 0 spiro atoms. The Hall–Kier alpha value is -2.08. The first-order valence-electron chi connectivity index (χ1n) is 12.4. The van der Waals surface area contributed by atoms with Gasteiger partial charge in [0.05, 0.1) is 11.5 Å². The molecule has 6 rings (SSSR count). The van der Waals surface area contributed by atoms with Crippen molar-refractivity contribution in [2.75, 3.05) is 13.2 Å². The van der Waals surface area contributed by atoms with Crippen LogP contribution in [0.15, 0.2) is 24.3 Å². The van der Waals surface area contributed by atoms with Gasteiger partial charge in [0.15, 0.2) is 6.61 Å². The first kappa shape index (κ1) is 22.7. The summed E-state index contributed by atoms with van der Waals surface area (Å²) in [6.07, 6.45) is 8.21. The van der Waals surface area contributed by atoms with Crippen LogP contribution in [-0.4, -0.2) is 41.9 Å². The number of nitrogens with one attached hydrogen (secondary N) is 1. The van der Waals surface area contributed by atoms with E-state index in [-0.39, 0.29) is 29.9 Å². The molecule has 1 heterocycles. The van der Waals surface area contributed by atoms with Gasteiger partial charge >= 0.3 is 5.97 Å². The molecule has 7 heteroatoms. The van der Waals surface area contributed by atoms with Gasteiger partial charge in [-0.05, 0) is 93.7 Å². The van der Waals surface area contributed by atoms with Gasteiger partial charge in [-0.15, -0.1) is 0 Å². The van der Waals surface area contributed by atoms with Crippen molar-refractivity contribution in [1.82, 2.24) is 10.2 Å². The number of nitrogens with zero attached hydrogens (tertiary/aromatic N) is 1. The average molecular weight is 473 g/mol. The summed E-state index contributed by atoms with van der Waals surface area (Å²) in [6, 6.07) is 6.46. The quantitative estimate of drug-likeness (QED) is 0.627. The molecule has 2 unspecified atom stereocenters. The van der Waals surface area contributed by atoms with E-state index in [2.05, 4.69) is 5.32 Å². The Kier molecular flexibility index (Phi) is 6.15. The standard InChI is InChI=1S/C26H33ClN2O4/c1-16(20-4-6-21(27)7-5-20)28-23(30)15-33-24(31)22-3-2-8-29(22)25(32)26-12-17-9-18(13-26)11-19(10-17)14-26/h4-7,16-19,22H,2-3,8-15H2,1H3,(H,28,30). The van der Waals surface area contributed by atoms with Crippen molar-refractivity contribution in [2.45, 2.75) is 70.4 Å². The summed E-state index contributed by atoms with van der Waals surface area (Å²) in [6.45, 7) is 2.14. The smallest absolute Gasteiger partial charge is 0.329 e. The Labute approximate surface area is 200 Å². The predicted octanol–water partition coefficient (Wildman–Crippen LogP) is 4.27. The second-order valence-corrected chi connectivity index (χ2v) is 11.2.